The van der Waals surface area contributed by atoms with Crippen LogP contribution in [0.15, 0.2) is 0 Å². The summed E-state index contributed by atoms with van der Waals surface area (Å²) in [6.07, 6.45) is -4.03. The van der Waals surface area contributed by atoms with Crippen molar-refractivity contribution in [2.75, 3.05) is 0 Å². The molecule has 0 saturated carbocycles. The molecule has 0 rings (SSSR count). The van der Waals surface area contributed by atoms with Crippen LogP contribution in [0.4, 0.5) is 0 Å². The molecule has 0 aliphatic rings. The molecule has 9 nitrogen and oxygen atoms in total. The molecular weight excluding hydrogens is 392 g/mol. The van der Waals surface area contributed by atoms with Crippen molar-refractivity contribution in [2.24, 2.45) is 0 Å². The largest absolute Gasteiger partial charge is 3.00 e. The molecule has 109 valence electrons. The zero-order chi connectivity index (χ0) is 15.5. The van der Waals surface area contributed by atoms with Crippen molar-refractivity contribution in [3.05, 3.63) is 0 Å². The number of aliphatic hydroxyl groups is 3. The first-order chi connectivity index (χ1) is 7.93. The van der Waals surface area contributed by atoms with E-state index in [1.165, 1.54) is 0 Å². The van der Waals surface area contributed by atoms with Crippen molar-refractivity contribution in [1.82, 2.24) is 0 Å². The van der Waals surface area contributed by atoms with Crippen molar-refractivity contribution in [3.8, 4) is 0 Å². The number of carboxylic acids is 3. The fraction of sp³-hybridized carbons (Fsp3) is 0.667. The van der Waals surface area contributed by atoms with Crippen molar-refractivity contribution in [3.63, 3.8) is 0 Å². The van der Waals surface area contributed by atoms with Gasteiger partial charge in [-0.05, 0) is 20.8 Å². The number of carbonyl (C=O) groups excluding carboxylic acids is 3. The van der Waals surface area contributed by atoms with Crippen molar-refractivity contribution in [2.45, 2.75) is 39.1 Å². The Labute approximate surface area is 143 Å². The molecule has 19 heavy (non-hydrogen) atoms. The van der Waals surface area contributed by atoms with Gasteiger partial charge in [-0.15, -0.1) is 0 Å². The molecule has 0 aliphatic carbocycles. The fourth-order valence-corrected chi connectivity index (χ4v) is 0. The molecule has 0 aromatic heterocycles. The van der Waals surface area contributed by atoms with Crippen LogP contribution in [0.2, 0.25) is 0 Å². The second-order valence-corrected chi connectivity index (χ2v) is 2.99. The van der Waals surface area contributed by atoms with Crippen LogP contribution >= 0.6 is 0 Å². The zero-order valence-corrected chi connectivity index (χ0v) is 13.7. The van der Waals surface area contributed by atoms with Gasteiger partial charge in [-0.1, -0.05) is 0 Å². The summed E-state index contributed by atoms with van der Waals surface area (Å²) in [5, 5.41) is 51.9. The summed E-state index contributed by atoms with van der Waals surface area (Å²) in [4.78, 5) is 28.0. The van der Waals surface area contributed by atoms with Crippen molar-refractivity contribution < 1.29 is 86.8 Å². The Hall–Kier alpha value is -0.333. The minimum Gasteiger partial charge on any atom is -0.547 e. The topological polar surface area (TPSA) is 181 Å². The summed E-state index contributed by atoms with van der Waals surface area (Å²) in [5.74, 6) is -4.31. The normalized spacial score (nSPS) is 12.9. The van der Waals surface area contributed by atoms with Crippen LogP contribution in [-0.4, -0.2) is 51.5 Å². The third-order valence-electron chi connectivity index (χ3n) is 1.02. The zero-order valence-electron chi connectivity index (χ0n) is 10.5. The molecule has 0 aliphatic heterocycles. The maximum absolute atomic E-state index is 9.34. The predicted octanol–water partition coefficient (Wildman–Crippen LogP) is -5.65. The summed E-state index contributed by atoms with van der Waals surface area (Å²) in [6.45, 7) is 3.40. The van der Waals surface area contributed by atoms with Gasteiger partial charge >= 0.3 is 41.7 Å². The summed E-state index contributed by atoms with van der Waals surface area (Å²) in [6, 6.07) is 0. The van der Waals surface area contributed by atoms with Crippen LogP contribution in [0, 0.1) is 41.7 Å². The Morgan fingerprint density at radius 3 is 0.737 bits per heavy atom. The Morgan fingerprint density at radius 2 is 0.737 bits per heavy atom. The van der Waals surface area contributed by atoms with Gasteiger partial charge in [0.1, 0.15) is 0 Å². The summed E-state index contributed by atoms with van der Waals surface area (Å²) < 4.78 is 0. The van der Waals surface area contributed by atoms with E-state index < -0.39 is 36.2 Å². The first kappa shape index (κ1) is 27.1. The Morgan fingerprint density at radius 1 is 0.684 bits per heavy atom. The van der Waals surface area contributed by atoms with Gasteiger partial charge in [-0.25, -0.2) is 0 Å². The average Bonchev–Trinajstić information content (AvgIpc) is 2.18. The van der Waals surface area contributed by atoms with Crippen LogP contribution in [0.25, 0.3) is 0 Å². The van der Waals surface area contributed by atoms with Gasteiger partial charge in [0.25, 0.3) is 0 Å². The predicted molar refractivity (Wildman–Crippen MR) is 50.1 cm³/mol. The van der Waals surface area contributed by atoms with E-state index >= 15 is 0 Å². The van der Waals surface area contributed by atoms with Gasteiger partial charge in [0.2, 0.25) is 0 Å². The van der Waals surface area contributed by atoms with Gasteiger partial charge in [0.05, 0.1) is 36.2 Å². The number of rotatable bonds is 3. The average molecular weight is 407 g/mol. The van der Waals surface area contributed by atoms with E-state index in [0.29, 0.717) is 0 Å². The Balaban J connectivity index is -0.0000000865. The third kappa shape index (κ3) is 31.9. The number of carboxylic acid groups (broad SMARTS) is 3. The Kier molecular flexibility index (Phi) is 22.4. The number of aliphatic hydroxyl groups excluding tert-OH is 3. The molecule has 3 atom stereocenters. The molecule has 0 saturated heterocycles. The fourth-order valence-electron chi connectivity index (χ4n) is 0. The van der Waals surface area contributed by atoms with Crippen LogP contribution in [0.5, 0.6) is 0 Å². The molecule has 3 N–H and O–H groups in total. The van der Waals surface area contributed by atoms with Gasteiger partial charge in [0, 0.05) is 0 Å². The van der Waals surface area contributed by atoms with E-state index in [9.17, 15) is 29.7 Å². The second kappa shape index (κ2) is 15.7. The summed E-state index contributed by atoms with van der Waals surface area (Å²) in [7, 11) is 0. The van der Waals surface area contributed by atoms with Gasteiger partial charge < -0.3 is 45.0 Å². The molecule has 0 fully saturated rings. The Bertz CT molecular complexity index is 220. The van der Waals surface area contributed by atoms with E-state index in [2.05, 4.69) is 0 Å². The first-order valence-electron chi connectivity index (χ1n) is 4.60. The van der Waals surface area contributed by atoms with Crippen LogP contribution in [0.1, 0.15) is 20.8 Å². The smallest absolute Gasteiger partial charge is 0.547 e. The molecule has 0 unspecified atom stereocenters. The van der Waals surface area contributed by atoms with E-state index in [4.69, 9.17) is 15.3 Å². The van der Waals surface area contributed by atoms with E-state index in [1.54, 1.807) is 0 Å². The summed E-state index contributed by atoms with van der Waals surface area (Å²) >= 11 is 0. The van der Waals surface area contributed by atoms with Gasteiger partial charge in [-0.3, -0.25) is 0 Å². The van der Waals surface area contributed by atoms with E-state index in [-0.39, 0.29) is 41.7 Å². The van der Waals surface area contributed by atoms with Crippen LogP contribution < -0.4 is 15.3 Å². The minimum atomic E-state index is -1.44. The molecule has 0 aromatic rings. The maximum atomic E-state index is 9.34. The number of hydrogen-bond acceptors (Lipinski definition) is 9. The first-order valence-corrected chi connectivity index (χ1v) is 4.60. The molecule has 0 bridgehead atoms. The molecule has 0 heterocycles. The summed E-state index contributed by atoms with van der Waals surface area (Å²) in [5.41, 5.74) is 0. The molecule has 1 radical (unpaired) electrons. The molecule has 0 amide bonds. The molecule has 0 spiro atoms. The van der Waals surface area contributed by atoms with Crippen molar-refractivity contribution >= 4 is 17.9 Å². The standard InChI is InChI=1S/3C3H6O3.Ce/c3*1-2(4)3(5)6;/h3*2,4H,1H3,(H,5,6);/q;;;+3/p-3/t3*2-;/m111./s1. The van der Waals surface area contributed by atoms with Gasteiger partial charge in [-0.2, -0.15) is 0 Å². The quantitative estimate of drug-likeness (QED) is 0.411. The maximum Gasteiger partial charge on any atom is 3.00 e. The van der Waals surface area contributed by atoms with Gasteiger partial charge in [0.15, 0.2) is 0 Å². The van der Waals surface area contributed by atoms with E-state index in [0.717, 1.165) is 20.8 Å². The minimum absolute atomic E-state index is 0. The molecular formula is C9H15CeO9. The third-order valence-corrected chi connectivity index (χ3v) is 1.02. The number of aliphatic carboxylic acids is 3. The monoisotopic (exact) mass is 407 g/mol. The van der Waals surface area contributed by atoms with E-state index in [1.807, 2.05) is 0 Å². The molecule has 10 heteroatoms. The SMILES string of the molecule is C[C@@H](O)C(=O)[O-].C[C@@H](O)C(=O)[O-].C[C@@H](O)C(=O)[O-].[Ce+3]. The second-order valence-electron chi connectivity index (χ2n) is 2.99. The number of carbonyl (C=O) groups is 3. The molecule has 0 aromatic carbocycles. The number of hydrogen-bond donors (Lipinski definition) is 3. The van der Waals surface area contributed by atoms with Crippen LogP contribution in [0.3, 0.4) is 0 Å². The van der Waals surface area contributed by atoms with Crippen LogP contribution in [-0.2, 0) is 14.4 Å². The van der Waals surface area contributed by atoms with Crippen molar-refractivity contribution in [1.29, 1.82) is 0 Å².